The van der Waals surface area contributed by atoms with Crippen LogP contribution in [0.5, 0.6) is 0 Å². The predicted octanol–water partition coefficient (Wildman–Crippen LogP) is 2.50. The van der Waals surface area contributed by atoms with Crippen LogP contribution in [0, 0.1) is 0 Å². The molecule has 1 aliphatic rings. The fourth-order valence-corrected chi connectivity index (χ4v) is 5.24. The van der Waals surface area contributed by atoms with Crippen molar-refractivity contribution in [2.24, 2.45) is 0 Å². The molecular weight excluding hydrogens is 448 g/mol. The summed E-state index contributed by atoms with van der Waals surface area (Å²) < 4.78 is 39.2. The summed E-state index contributed by atoms with van der Waals surface area (Å²) in [5.74, 6) is 0.0963. The van der Waals surface area contributed by atoms with Gasteiger partial charge in [0.15, 0.2) is 0 Å². The maximum atomic E-state index is 13.3. The summed E-state index contributed by atoms with van der Waals surface area (Å²) in [6, 6.07) is 12.5. The zero-order chi connectivity index (χ0) is 23.6. The largest absolute Gasteiger partial charge is 0.467 e. The lowest BCUT2D eigenvalue weighted by molar-refractivity contribution is -0.121. The monoisotopic (exact) mass is 472 g/mol. The average molecular weight is 473 g/mol. The van der Waals surface area contributed by atoms with Crippen LogP contribution < -0.4 is 19.2 Å². The van der Waals surface area contributed by atoms with Crippen LogP contribution in [0.4, 0.5) is 11.4 Å². The molecule has 2 unspecified atom stereocenters. The molecule has 0 fully saturated rings. The van der Waals surface area contributed by atoms with Gasteiger partial charge in [0.05, 0.1) is 36.0 Å². The van der Waals surface area contributed by atoms with Crippen molar-refractivity contribution in [1.29, 1.82) is 0 Å². The van der Waals surface area contributed by atoms with Crippen molar-refractivity contribution in [2.45, 2.75) is 25.9 Å². The van der Waals surface area contributed by atoms with Crippen molar-refractivity contribution >= 4 is 33.4 Å². The molecule has 0 saturated heterocycles. The predicted molar refractivity (Wildman–Crippen MR) is 121 cm³/mol. The van der Waals surface area contributed by atoms with Crippen LogP contribution in [0.15, 0.2) is 69.9 Å². The lowest BCUT2D eigenvalue weighted by Gasteiger charge is -2.22. The number of carbonyl (C=O) groups is 2. The van der Waals surface area contributed by atoms with Crippen molar-refractivity contribution in [1.82, 2.24) is 10.6 Å². The number of fused-ring (bicyclic) bond motifs is 1. The highest BCUT2D eigenvalue weighted by atomic mass is 32.2. The van der Waals surface area contributed by atoms with Gasteiger partial charge >= 0.3 is 10.2 Å². The number of nitrogens with one attached hydrogen (secondary N) is 2. The average Bonchev–Trinajstić information content (AvgIpc) is 3.52. The van der Waals surface area contributed by atoms with Crippen molar-refractivity contribution < 1.29 is 26.8 Å². The summed E-state index contributed by atoms with van der Waals surface area (Å²) in [5.41, 5.74) is 0.648. The second-order valence-electron chi connectivity index (χ2n) is 7.62. The van der Waals surface area contributed by atoms with E-state index in [1.165, 1.54) is 12.5 Å². The summed E-state index contributed by atoms with van der Waals surface area (Å²) in [6.07, 6.45) is 2.99. The van der Waals surface area contributed by atoms with E-state index in [0.29, 0.717) is 22.9 Å². The lowest BCUT2D eigenvalue weighted by atomic mass is 10.2. The van der Waals surface area contributed by atoms with Crippen molar-refractivity contribution in [2.75, 3.05) is 21.7 Å². The number of para-hydroxylation sites is 2. The Bertz CT molecular complexity index is 1130. The van der Waals surface area contributed by atoms with E-state index >= 15 is 0 Å². The molecule has 33 heavy (non-hydrogen) atoms. The smallest absolute Gasteiger partial charge is 0.327 e. The van der Waals surface area contributed by atoms with Gasteiger partial charge in [-0.05, 0) is 50.2 Å². The van der Waals surface area contributed by atoms with Gasteiger partial charge in [-0.2, -0.15) is 8.42 Å². The summed E-state index contributed by atoms with van der Waals surface area (Å²) in [7, 11) is -4.16. The Morgan fingerprint density at radius 1 is 0.788 bits per heavy atom. The number of hydrogen-bond acceptors (Lipinski definition) is 6. The van der Waals surface area contributed by atoms with E-state index in [1.807, 2.05) is 0 Å². The number of rotatable bonds is 8. The molecule has 11 heteroatoms. The number of nitrogens with zero attached hydrogens (tertiary/aromatic N) is 2. The zero-order valence-electron chi connectivity index (χ0n) is 18.1. The number of amides is 2. The minimum Gasteiger partial charge on any atom is -0.467 e. The Morgan fingerprint density at radius 3 is 1.58 bits per heavy atom. The molecule has 0 aliphatic carbocycles. The van der Waals surface area contributed by atoms with E-state index in [4.69, 9.17) is 8.83 Å². The standard InChI is InChI=1S/C22H24N4O6S/c1-15(19-9-5-11-31-19)23-21(27)13-25-17-7-3-4-8-18(17)26(33(25,29)30)14-22(28)24-16(2)20-10-6-12-32-20/h3-12,15-16H,13-14H2,1-2H3,(H,23,27)(H,24,28). The molecule has 1 aliphatic heterocycles. The molecule has 1 aromatic carbocycles. The summed E-state index contributed by atoms with van der Waals surface area (Å²) in [6.45, 7) is 2.59. The van der Waals surface area contributed by atoms with Gasteiger partial charge in [-0.1, -0.05) is 12.1 Å². The third kappa shape index (κ3) is 4.58. The van der Waals surface area contributed by atoms with Crippen LogP contribution in [0.1, 0.15) is 37.5 Å². The van der Waals surface area contributed by atoms with Crippen LogP contribution in [0.25, 0.3) is 0 Å². The highest BCUT2D eigenvalue weighted by Crippen LogP contribution is 2.40. The SMILES string of the molecule is CC(NC(=O)CN1c2ccccc2N(CC(=O)NC(C)c2ccco2)S1(=O)=O)c1ccco1. The molecular formula is C22H24N4O6S. The fraction of sp³-hybridized carbons (Fsp3) is 0.273. The van der Waals surface area contributed by atoms with E-state index in [2.05, 4.69) is 10.6 Å². The molecule has 3 heterocycles. The van der Waals surface area contributed by atoms with E-state index in [9.17, 15) is 18.0 Å². The van der Waals surface area contributed by atoms with Crippen LogP contribution >= 0.6 is 0 Å². The molecule has 0 radical (unpaired) electrons. The Kier molecular flexibility index (Phi) is 6.14. The first-order chi connectivity index (χ1) is 15.8. The first-order valence-corrected chi connectivity index (χ1v) is 11.7. The van der Waals surface area contributed by atoms with Crippen molar-refractivity contribution in [3.63, 3.8) is 0 Å². The van der Waals surface area contributed by atoms with Crippen LogP contribution in [0.3, 0.4) is 0 Å². The maximum Gasteiger partial charge on any atom is 0.327 e. The molecule has 2 atom stereocenters. The fourth-order valence-electron chi connectivity index (χ4n) is 3.64. The van der Waals surface area contributed by atoms with Gasteiger partial charge in [-0.25, -0.2) is 8.61 Å². The summed E-state index contributed by atoms with van der Waals surface area (Å²) in [4.78, 5) is 25.3. The number of carbonyl (C=O) groups excluding carboxylic acids is 2. The summed E-state index contributed by atoms with van der Waals surface area (Å²) >= 11 is 0. The van der Waals surface area contributed by atoms with Gasteiger partial charge in [-0.3, -0.25) is 9.59 Å². The number of benzene rings is 1. The minimum absolute atomic E-state index is 0.324. The number of anilines is 2. The second kappa shape index (κ2) is 9.02. The topological polar surface area (TPSA) is 125 Å². The van der Waals surface area contributed by atoms with E-state index < -0.39 is 47.2 Å². The van der Waals surface area contributed by atoms with Crippen molar-refractivity contribution in [3.8, 4) is 0 Å². The highest BCUT2D eigenvalue weighted by Gasteiger charge is 2.42. The van der Waals surface area contributed by atoms with Gasteiger partial charge in [0, 0.05) is 0 Å². The Morgan fingerprint density at radius 2 is 1.21 bits per heavy atom. The molecule has 10 nitrogen and oxygen atoms in total. The normalized spacial score (nSPS) is 16.2. The quantitative estimate of drug-likeness (QED) is 0.519. The van der Waals surface area contributed by atoms with E-state index in [0.717, 1.165) is 8.61 Å². The highest BCUT2D eigenvalue weighted by molar-refractivity contribution is 7.94. The minimum atomic E-state index is -4.16. The Balaban J connectivity index is 1.49. The molecule has 0 spiro atoms. The molecule has 174 valence electrons. The van der Waals surface area contributed by atoms with Crippen LogP contribution in [-0.2, 0) is 19.8 Å². The van der Waals surface area contributed by atoms with Gasteiger partial charge < -0.3 is 19.5 Å². The first kappa shape index (κ1) is 22.5. The summed E-state index contributed by atoms with van der Waals surface area (Å²) in [5, 5.41) is 5.46. The molecule has 2 amide bonds. The molecule has 2 N–H and O–H groups in total. The van der Waals surface area contributed by atoms with Crippen LogP contribution in [-0.4, -0.2) is 33.3 Å². The first-order valence-electron chi connectivity index (χ1n) is 10.3. The number of hydrogen-bond donors (Lipinski definition) is 2. The third-order valence-electron chi connectivity index (χ3n) is 5.25. The second-order valence-corrected chi connectivity index (χ2v) is 9.40. The zero-order valence-corrected chi connectivity index (χ0v) is 18.9. The molecule has 3 aromatic rings. The van der Waals surface area contributed by atoms with Gasteiger partial charge in [0.2, 0.25) is 11.8 Å². The van der Waals surface area contributed by atoms with E-state index in [1.54, 1.807) is 62.4 Å². The Labute approximate surface area is 191 Å². The molecule has 0 saturated carbocycles. The Hall–Kier alpha value is -3.73. The van der Waals surface area contributed by atoms with Gasteiger partial charge in [0.1, 0.15) is 24.6 Å². The third-order valence-corrected chi connectivity index (χ3v) is 7.01. The lowest BCUT2D eigenvalue weighted by Crippen LogP contribution is -2.47. The maximum absolute atomic E-state index is 13.3. The molecule has 0 bridgehead atoms. The molecule has 2 aromatic heterocycles. The van der Waals surface area contributed by atoms with E-state index in [-0.39, 0.29) is 0 Å². The van der Waals surface area contributed by atoms with Gasteiger partial charge in [0.25, 0.3) is 0 Å². The van der Waals surface area contributed by atoms with Gasteiger partial charge in [-0.15, -0.1) is 0 Å². The van der Waals surface area contributed by atoms with Crippen LogP contribution in [0.2, 0.25) is 0 Å². The number of furan rings is 2. The molecule has 4 rings (SSSR count). The van der Waals surface area contributed by atoms with Crippen molar-refractivity contribution in [3.05, 3.63) is 72.6 Å².